The molecule has 1 heterocycles. The zero-order valence-corrected chi connectivity index (χ0v) is 10.7. The number of amides is 1. The van der Waals surface area contributed by atoms with Gasteiger partial charge in [-0.2, -0.15) is 0 Å². The summed E-state index contributed by atoms with van der Waals surface area (Å²) in [6.07, 6.45) is 2.07. The molecule has 2 aliphatic rings. The van der Waals surface area contributed by atoms with E-state index in [1.165, 1.54) is 5.56 Å². The Labute approximate surface area is 107 Å². The van der Waals surface area contributed by atoms with Crippen molar-refractivity contribution in [3.8, 4) is 5.75 Å². The van der Waals surface area contributed by atoms with Gasteiger partial charge in [0, 0.05) is 6.04 Å². The number of ether oxygens (including phenoxy) is 1. The van der Waals surface area contributed by atoms with Crippen LogP contribution in [0.2, 0.25) is 0 Å². The van der Waals surface area contributed by atoms with Crippen LogP contribution in [0.1, 0.15) is 38.2 Å². The zero-order chi connectivity index (χ0) is 12.9. The number of hydrogen-bond donors (Lipinski definition) is 2. The molecule has 1 aromatic carbocycles. The van der Waals surface area contributed by atoms with Gasteiger partial charge in [-0.15, -0.1) is 0 Å². The molecule has 0 unspecified atom stereocenters. The summed E-state index contributed by atoms with van der Waals surface area (Å²) in [7, 11) is 0. The first-order valence-electron chi connectivity index (χ1n) is 6.36. The number of hydrogen-bond acceptors (Lipinski definition) is 3. The molecule has 1 amide bonds. The molecule has 1 fully saturated rings. The SMILES string of the molecule is CC1(C)Oc2cc(C3CC(N)C3)ccc2NC1=O. The van der Waals surface area contributed by atoms with Crippen molar-refractivity contribution >= 4 is 11.6 Å². The molecule has 0 spiro atoms. The van der Waals surface area contributed by atoms with E-state index >= 15 is 0 Å². The van der Waals surface area contributed by atoms with Gasteiger partial charge in [-0.05, 0) is 50.3 Å². The molecule has 3 N–H and O–H groups in total. The van der Waals surface area contributed by atoms with Crippen LogP contribution in [0, 0.1) is 0 Å². The van der Waals surface area contributed by atoms with Crippen LogP contribution in [0.4, 0.5) is 5.69 Å². The average Bonchev–Trinajstić information content (AvgIpc) is 2.25. The van der Waals surface area contributed by atoms with Crippen molar-refractivity contribution in [1.82, 2.24) is 0 Å². The molecule has 0 saturated heterocycles. The van der Waals surface area contributed by atoms with Gasteiger partial charge in [-0.25, -0.2) is 0 Å². The van der Waals surface area contributed by atoms with E-state index in [4.69, 9.17) is 10.5 Å². The molecule has 0 atom stereocenters. The third kappa shape index (κ3) is 1.77. The van der Waals surface area contributed by atoms with Crippen molar-refractivity contribution in [1.29, 1.82) is 0 Å². The van der Waals surface area contributed by atoms with E-state index in [1.54, 1.807) is 13.8 Å². The summed E-state index contributed by atoms with van der Waals surface area (Å²) in [5, 5.41) is 2.87. The van der Waals surface area contributed by atoms with E-state index < -0.39 is 5.60 Å². The van der Waals surface area contributed by atoms with Crippen molar-refractivity contribution in [3.05, 3.63) is 23.8 Å². The number of anilines is 1. The normalized spacial score (nSPS) is 28.7. The first-order valence-corrected chi connectivity index (χ1v) is 6.36. The quantitative estimate of drug-likeness (QED) is 0.796. The van der Waals surface area contributed by atoms with E-state index in [9.17, 15) is 4.79 Å². The van der Waals surface area contributed by atoms with Crippen molar-refractivity contribution in [2.45, 2.75) is 44.2 Å². The Morgan fingerprint density at radius 2 is 2.11 bits per heavy atom. The topological polar surface area (TPSA) is 64.3 Å². The number of carbonyl (C=O) groups is 1. The third-order valence-corrected chi connectivity index (χ3v) is 3.81. The molecule has 1 aliphatic carbocycles. The minimum atomic E-state index is -0.804. The van der Waals surface area contributed by atoms with Gasteiger partial charge in [0.05, 0.1) is 5.69 Å². The van der Waals surface area contributed by atoms with Crippen LogP contribution in [0.3, 0.4) is 0 Å². The monoisotopic (exact) mass is 246 g/mol. The van der Waals surface area contributed by atoms with Crippen LogP contribution < -0.4 is 15.8 Å². The number of benzene rings is 1. The highest BCUT2D eigenvalue weighted by atomic mass is 16.5. The molecule has 1 aliphatic heterocycles. The Balaban J connectivity index is 1.89. The first kappa shape index (κ1) is 11.5. The second-order valence-corrected chi connectivity index (χ2v) is 5.75. The summed E-state index contributed by atoms with van der Waals surface area (Å²) < 4.78 is 5.77. The Morgan fingerprint density at radius 1 is 1.39 bits per heavy atom. The van der Waals surface area contributed by atoms with Gasteiger partial charge < -0.3 is 15.8 Å². The lowest BCUT2D eigenvalue weighted by molar-refractivity contribution is -0.129. The molecule has 18 heavy (non-hydrogen) atoms. The lowest BCUT2D eigenvalue weighted by Crippen LogP contribution is -2.45. The summed E-state index contributed by atoms with van der Waals surface area (Å²) in [5.74, 6) is 1.20. The van der Waals surface area contributed by atoms with Gasteiger partial charge in [0.1, 0.15) is 5.75 Å². The number of rotatable bonds is 1. The first-order chi connectivity index (χ1) is 8.45. The summed E-state index contributed by atoms with van der Waals surface area (Å²) in [6.45, 7) is 3.55. The van der Waals surface area contributed by atoms with E-state index in [-0.39, 0.29) is 5.91 Å². The van der Waals surface area contributed by atoms with Gasteiger partial charge in [0.2, 0.25) is 0 Å². The molecule has 0 aromatic heterocycles. The van der Waals surface area contributed by atoms with E-state index in [0.717, 1.165) is 24.3 Å². The lowest BCUT2D eigenvalue weighted by atomic mass is 9.76. The maximum Gasteiger partial charge on any atom is 0.268 e. The molecule has 1 saturated carbocycles. The molecule has 3 rings (SSSR count). The maximum atomic E-state index is 11.8. The Kier molecular flexibility index (Phi) is 2.38. The second kappa shape index (κ2) is 3.72. The Bertz CT molecular complexity index is 505. The second-order valence-electron chi connectivity index (χ2n) is 5.75. The van der Waals surface area contributed by atoms with Crippen molar-refractivity contribution in [3.63, 3.8) is 0 Å². The van der Waals surface area contributed by atoms with Gasteiger partial charge in [0.15, 0.2) is 5.60 Å². The van der Waals surface area contributed by atoms with Crippen LogP contribution >= 0.6 is 0 Å². The average molecular weight is 246 g/mol. The Morgan fingerprint density at radius 3 is 2.78 bits per heavy atom. The molecule has 1 aromatic rings. The smallest absolute Gasteiger partial charge is 0.268 e. The van der Waals surface area contributed by atoms with Crippen LogP contribution in [0.15, 0.2) is 18.2 Å². The third-order valence-electron chi connectivity index (χ3n) is 3.81. The maximum absolute atomic E-state index is 11.8. The van der Waals surface area contributed by atoms with Gasteiger partial charge in [0.25, 0.3) is 5.91 Å². The number of nitrogens with one attached hydrogen (secondary N) is 1. The van der Waals surface area contributed by atoms with Gasteiger partial charge in [-0.1, -0.05) is 6.07 Å². The van der Waals surface area contributed by atoms with E-state index in [0.29, 0.717) is 12.0 Å². The van der Waals surface area contributed by atoms with Crippen LogP contribution in [0.5, 0.6) is 5.75 Å². The highest BCUT2D eigenvalue weighted by Gasteiger charge is 2.36. The highest BCUT2D eigenvalue weighted by molar-refractivity contribution is 6.00. The molecular weight excluding hydrogens is 228 g/mol. The number of fused-ring (bicyclic) bond motifs is 1. The minimum Gasteiger partial charge on any atom is -0.476 e. The van der Waals surface area contributed by atoms with Crippen molar-refractivity contribution < 1.29 is 9.53 Å². The largest absolute Gasteiger partial charge is 0.476 e. The van der Waals surface area contributed by atoms with Crippen LogP contribution in [-0.2, 0) is 4.79 Å². The van der Waals surface area contributed by atoms with Gasteiger partial charge in [-0.3, -0.25) is 4.79 Å². The molecule has 4 heteroatoms. The Hall–Kier alpha value is -1.55. The van der Waals surface area contributed by atoms with Crippen LogP contribution in [-0.4, -0.2) is 17.6 Å². The predicted octanol–water partition coefficient (Wildman–Crippen LogP) is 2.00. The number of carbonyl (C=O) groups excluding carboxylic acids is 1. The summed E-state index contributed by atoms with van der Waals surface area (Å²) in [6, 6.07) is 6.34. The lowest BCUT2D eigenvalue weighted by Gasteiger charge is -2.35. The molecule has 0 radical (unpaired) electrons. The minimum absolute atomic E-state index is 0.103. The predicted molar refractivity (Wildman–Crippen MR) is 69.7 cm³/mol. The fourth-order valence-electron chi connectivity index (χ4n) is 2.51. The van der Waals surface area contributed by atoms with Crippen LogP contribution in [0.25, 0.3) is 0 Å². The molecule has 4 nitrogen and oxygen atoms in total. The van der Waals surface area contributed by atoms with Crippen molar-refractivity contribution in [2.24, 2.45) is 5.73 Å². The van der Waals surface area contributed by atoms with E-state index in [2.05, 4.69) is 11.4 Å². The fourth-order valence-corrected chi connectivity index (χ4v) is 2.51. The highest BCUT2D eigenvalue weighted by Crippen LogP contribution is 2.41. The molecule has 0 bridgehead atoms. The standard InChI is InChI=1S/C14H18N2O2/c1-14(2)13(17)16-11-4-3-8(7-12(11)18-14)9-5-10(15)6-9/h3-4,7,9-10H,5-6,15H2,1-2H3,(H,16,17). The van der Waals surface area contributed by atoms with E-state index in [1.807, 2.05) is 12.1 Å². The summed E-state index contributed by atoms with van der Waals surface area (Å²) >= 11 is 0. The fraction of sp³-hybridized carbons (Fsp3) is 0.500. The zero-order valence-electron chi connectivity index (χ0n) is 10.7. The molecule has 96 valence electrons. The van der Waals surface area contributed by atoms with Gasteiger partial charge >= 0.3 is 0 Å². The van der Waals surface area contributed by atoms with Crippen molar-refractivity contribution in [2.75, 3.05) is 5.32 Å². The summed E-state index contributed by atoms with van der Waals surface area (Å²) in [4.78, 5) is 11.8. The summed E-state index contributed by atoms with van der Waals surface area (Å²) in [5.41, 5.74) is 7.02. The number of nitrogens with two attached hydrogens (primary N) is 1. The molecular formula is C14H18N2O2.